The van der Waals surface area contributed by atoms with Crippen LogP contribution in [0.5, 0.6) is 0 Å². The number of aromatic nitrogens is 3. The maximum atomic E-state index is 12.2. The second-order valence-electron chi connectivity index (χ2n) is 6.03. The van der Waals surface area contributed by atoms with E-state index in [1.807, 2.05) is 11.8 Å². The van der Waals surface area contributed by atoms with Gasteiger partial charge >= 0.3 is 0 Å². The lowest BCUT2D eigenvalue weighted by atomic mass is 9.88. The Morgan fingerprint density at radius 3 is 2.86 bits per heavy atom. The SMILES string of the molecule is CSC1(CNC(=O)c2cn(C3CNC3)nn2)CCCCC1. The van der Waals surface area contributed by atoms with Gasteiger partial charge in [0.05, 0.1) is 12.2 Å². The van der Waals surface area contributed by atoms with Crippen molar-refractivity contribution in [1.29, 1.82) is 0 Å². The summed E-state index contributed by atoms with van der Waals surface area (Å²) < 4.78 is 2.00. The van der Waals surface area contributed by atoms with E-state index in [9.17, 15) is 4.79 Å². The highest BCUT2D eigenvalue weighted by Crippen LogP contribution is 2.37. The molecule has 7 heteroatoms. The number of hydrogen-bond donors (Lipinski definition) is 2. The van der Waals surface area contributed by atoms with Gasteiger partial charge in [0.25, 0.3) is 5.91 Å². The van der Waals surface area contributed by atoms with Crippen molar-refractivity contribution in [3.8, 4) is 0 Å². The van der Waals surface area contributed by atoms with Crippen LogP contribution in [0.3, 0.4) is 0 Å². The summed E-state index contributed by atoms with van der Waals surface area (Å²) in [5.74, 6) is -0.104. The van der Waals surface area contributed by atoms with Crippen molar-refractivity contribution < 1.29 is 4.79 Å². The lowest BCUT2D eigenvalue weighted by Crippen LogP contribution is -2.43. The van der Waals surface area contributed by atoms with E-state index in [1.165, 1.54) is 32.1 Å². The van der Waals surface area contributed by atoms with Crippen LogP contribution >= 0.6 is 11.8 Å². The van der Waals surface area contributed by atoms with E-state index in [0.29, 0.717) is 11.7 Å². The number of carbonyl (C=O) groups is 1. The number of rotatable bonds is 5. The average molecular weight is 309 g/mol. The van der Waals surface area contributed by atoms with Crippen LogP contribution in [0.1, 0.15) is 48.6 Å². The Kier molecular flexibility index (Phi) is 4.49. The third-order valence-electron chi connectivity index (χ3n) is 4.65. The molecule has 0 bridgehead atoms. The first-order valence-electron chi connectivity index (χ1n) is 7.68. The number of thioether (sulfide) groups is 1. The minimum absolute atomic E-state index is 0.104. The molecule has 0 spiro atoms. The summed E-state index contributed by atoms with van der Waals surface area (Å²) in [5, 5.41) is 14.3. The Labute approximate surface area is 129 Å². The first kappa shape index (κ1) is 14.8. The second kappa shape index (κ2) is 6.36. The first-order chi connectivity index (χ1) is 10.2. The topological polar surface area (TPSA) is 71.8 Å². The van der Waals surface area contributed by atoms with Crippen molar-refractivity contribution in [2.45, 2.75) is 42.9 Å². The molecule has 1 saturated heterocycles. The van der Waals surface area contributed by atoms with Gasteiger partial charge in [-0.25, -0.2) is 4.68 Å². The summed E-state index contributed by atoms with van der Waals surface area (Å²) in [5.41, 5.74) is 0.425. The molecule has 6 nitrogen and oxygen atoms in total. The smallest absolute Gasteiger partial charge is 0.273 e. The van der Waals surface area contributed by atoms with Gasteiger partial charge in [-0.1, -0.05) is 24.5 Å². The van der Waals surface area contributed by atoms with E-state index in [2.05, 4.69) is 27.2 Å². The van der Waals surface area contributed by atoms with Crippen molar-refractivity contribution in [2.24, 2.45) is 0 Å². The summed E-state index contributed by atoms with van der Waals surface area (Å²) >= 11 is 1.89. The number of nitrogens with zero attached hydrogens (tertiary/aromatic N) is 3. The van der Waals surface area contributed by atoms with Crippen molar-refractivity contribution in [1.82, 2.24) is 25.6 Å². The molecule has 2 N–H and O–H groups in total. The molecule has 1 aliphatic carbocycles. The Bertz CT molecular complexity index is 493. The predicted molar refractivity (Wildman–Crippen MR) is 83.6 cm³/mol. The van der Waals surface area contributed by atoms with Crippen LogP contribution in [0, 0.1) is 0 Å². The molecule has 2 heterocycles. The molecule has 0 radical (unpaired) electrons. The Morgan fingerprint density at radius 1 is 1.48 bits per heavy atom. The quantitative estimate of drug-likeness (QED) is 0.855. The lowest BCUT2D eigenvalue weighted by Gasteiger charge is -2.35. The van der Waals surface area contributed by atoms with E-state index in [4.69, 9.17) is 0 Å². The van der Waals surface area contributed by atoms with E-state index < -0.39 is 0 Å². The Morgan fingerprint density at radius 2 is 2.24 bits per heavy atom. The van der Waals surface area contributed by atoms with Gasteiger partial charge in [-0.2, -0.15) is 11.8 Å². The second-order valence-corrected chi connectivity index (χ2v) is 7.30. The van der Waals surface area contributed by atoms with Gasteiger partial charge in [0.15, 0.2) is 5.69 Å². The molecule has 116 valence electrons. The van der Waals surface area contributed by atoms with Gasteiger partial charge in [0.1, 0.15) is 0 Å². The molecule has 1 aromatic rings. The zero-order valence-corrected chi connectivity index (χ0v) is 13.3. The van der Waals surface area contributed by atoms with Crippen LogP contribution < -0.4 is 10.6 Å². The van der Waals surface area contributed by atoms with Gasteiger partial charge in [-0.3, -0.25) is 4.79 Å². The van der Waals surface area contributed by atoms with Crippen LogP contribution in [-0.2, 0) is 0 Å². The fourth-order valence-electron chi connectivity index (χ4n) is 3.00. The average Bonchev–Trinajstić information content (AvgIpc) is 2.93. The van der Waals surface area contributed by atoms with Gasteiger partial charge in [0.2, 0.25) is 0 Å². The summed E-state index contributed by atoms with van der Waals surface area (Å²) in [4.78, 5) is 12.2. The highest BCUT2D eigenvalue weighted by atomic mass is 32.2. The van der Waals surface area contributed by atoms with Crippen molar-refractivity contribution >= 4 is 17.7 Å². The maximum absolute atomic E-state index is 12.2. The molecule has 2 aliphatic rings. The predicted octanol–water partition coefficient (Wildman–Crippen LogP) is 1.22. The summed E-state index contributed by atoms with van der Waals surface area (Å²) in [7, 11) is 0. The standard InChI is InChI=1S/C14H23N5OS/c1-21-14(5-3-2-4-6-14)10-16-13(20)12-9-19(18-17-12)11-7-15-8-11/h9,11,15H,2-8,10H2,1H3,(H,16,20). The third kappa shape index (κ3) is 3.23. The fourth-order valence-corrected chi connectivity index (χ4v) is 3.91. The number of carbonyl (C=O) groups excluding carboxylic acids is 1. The van der Waals surface area contributed by atoms with Crippen LogP contribution in [0.25, 0.3) is 0 Å². The molecule has 1 aromatic heterocycles. The molecule has 3 rings (SSSR count). The van der Waals surface area contributed by atoms with Crippen LogP contribution in [0.4, 0.5) is 0 Å². The number of hydrogen-bond acceptors (Lipinski definition) is 5. The lowest BCUT2D eigenvalue weighted by molar-refractivity contribution is 0.0942. The molecule has 1 aliphatic heterocycles. The molecule has 1 amide bonds. The van der Waals surface area contributed by atoms with Gasteiger partial charge in [0, 0.05) is 24.4 Å². The van der Waals surface area contributed by atoms with E-state index in [1.54, 1.807) is 10.9 Å². The summed E-state index contributed by atoms with van der Waals surface area (Å²) in [6.07, 6.45) is 10.1. The van der Waals surface area contributed by atoms with Crippen LogP contribution in [0.15, 0.2) is 6.20 Å². The summed E-state index contributed by atoms with van der Waals surface area (Å²) in [6, 6.07) is 0.343. The van der Waals surface area contributed by atoms with Crippen LogP contribution in [-0.4, -0.2) is 51.5 Å². The van der Waals surface area contributed by atoms with Gasteiger partial charge in [-0.15, -0.1) is 5.10 Å². The molecule has 0 atom stereocenters. The third-order valence-corrected chi connectivity index (χ3v) is 6.06. The molecule has 2 fully saturated rings. The van der Waals surface area contributed by atoms with Crippen molar-refractivity contribution in [2.75, 3.05) is 25.9 Å². The minimum Gasteiger partial charge on any atom is -0.349 e. The largest absolute Gasteiger partial charge is 0.349 e. The number of amides is 1. The Balaban J connectivity index is 1.56. The number of nitrogens with one attached hydrogen (secondary N) is 2. The monoisotopic (exact) mass is 309 g/mol. The van der Waals surface area contributed by atoms with E-state index >= 15 is 0 Å². The molecule has 0 aromatic carbocycles. The summed E-state index contributed by atoms with van der Waals surface area (Å²) in [6.45, 7) is 2.53. The molecular formula is C14H23N5OS. The highest BCUT2D eigenvalue weighted by Gasteiger charge is 2.32. The molecule has 21 heavy (non-hydrogen) atoms. The molecule has 1 saturated carbocycles. The maximum Gasteiger partial charge on any atom is 0.273 e. The van der Waals surface area contributed by atoms with Gasteiger partial charge in [-0.05, 0) is 19.1 Å². The molecular weight excluding hydrogens is 286 g/mol. The first-order valence-corrected chi connectivity index (χ1v) is 8.91. The van der Waals surface area contributed by atoms with Gasteiger partial charge < -0.3 is 10.6 Å². The normalized spacial score (nSPS) is 21.8. The van der Waals surface area contributed by atoms with E-state index in [0.717, 1.165) is 19.6 Å². The fraction of sp³-hybridized carbons (Fsp3) is 0.786. The van der Waals surface area contributed by atoms with Crippen molar-refractivity contribution in [3.63, 3.8) is 0 Å². The highest BCUT2D eigenvalue weighted by molar-refractivity contribution is 8.00. The Hall–Kier alpha value is -1.08. The zero-order valence-electron chi connectivity index (χ0n) is 12.5. The van der Waals surface area contributed by atoms with Crippen molar-refractivity contribution in [3.05, 3.63) is 11.9 Å². The minimum atomic E-state index is -0.104. The van der Waals surface area contributed by atoms with E-state index in [-0.39, 0.29) is 10.7 Å². The zero-order chi connectivity index (χ0) is 14.7. The molecule has 0 unspecified atom stereocenters. The van der Waals surface area contributed by atoms with Crippen LogP contribution in [0.2, 0.25) is 0 Å².